The Kier molecular flexibility index (Phi) is 7.05. The van der Waals surface area contributed by atoms with Gasteiger partial charge in [-0.05, 0) is 32.0 Å². The molecule has 0 aliphatic carbocycles. The molecule has 11 heavy (non-hydrogen) atoms. The summed E-state index contributed by atoms with van der Waals surface area (Å²) >= 11 is 0. The van der Waals surface area contributed by atoms with Gasteiger partial charge in [-0.15, -0.1) is 0 Å². The van der Waals surface area contributed by atoms with E-state index in [4.69, 9.17) is 0 Å². The minimum atomic E-state index is 0.847. The van der Waals surface area contributed by atoms with Crippen LogP contribution < -0.4 is 5.32 Å². The van der Waals surface area contributed by atoms with E-state index < -0.39 is 0 Å². The molecule has 0 radical (unpaired) electrons. The fraction of sp³-hybridized carbons (Fsp3) is 0.667. The molecular formula is C9H17NO. The third-order valence-corrected chi connectivity index (χ3v) is 1.51. The van der Waals surface area contributed by atoms with Crippen molar-refractivity contribution < 1.29 is 4.79 Å². The van der Waals surface area contributed by atoms with Crippen molar-refractivity contribution in [3.63, 3.8) is 0 Å². The van der Waals surface area contributed by atoms with Crippen LogP contribution in [0, 0.1) is 0 Å². The lowest BCUT2D eigenvalue weighted by Gasteiger charge is -1.97. The second-order valence-corrected chi connectivity index (χ2v) is 2.54. The quantitative estimate of drug-likeness (QED) is 0.465. The molecule has 2 heteroatoms. The topological polar surface area (TPSA) is 29.1 Å². The molecule has 0 bridgehead atoms. The molecule has 0 aliphatic heterocycles. The average Bonchev–Trinajstić information content (AvgIpc) is 2.05. The minimum absolute atomic E-state index is 0.847. The fourth-order valence-electron chi connectivity index (χ4n) is 0.808. The van der Waals surface area contributed by atoms with E-state index in [0.717, 1.165) is 37.7 Å². The highest BCUT2D eigenvalue weighted by atomic mass is 16.1. The highest BCUT2D eigenvalue weighted by Gasteiger charge is 1.92. The van der Waals surface area contributed by atoms with E-state index >= 15 is 0 Å². The van der Waals surface area contributed by atoms with Gasteiger partial charge in [-0.2, -0.15) is 0 Å². The monoisotopic (exact) mass is 155 g/mol. The lowest BCUT2D eigenvalue weighted by molar-refractivity contribution is -0.105. The van der Waals surface area contributed by atoms with Crippen molar-refractivity contribution in [3.05, 3.63) is 11.6 Å². The Morgan fingerprint density at radius 1 is 1.55 bits per heavy atom. The largest absolute Gasteiger partial charge is 0.319 e. The maximum atomic E-state index is 10.4. The Morgan fingerprint density at radius 3 is 2.73 bits per heavy atom. The first kappa shape index (κ1) is 10.4. The Labute approximate surface area is 68.7 Å². The van der Waals surface area contributed by atoms with Gasteiger partial charge in [0, 0.05) is 0 Å². The summed E-state index contributed by atoms with van der Waals surface area (Å²) in [5, 5.41) is 3.01. The molecule has 0 saturated heterocycles. The Balaban J connectivity index is 3.64. The molecule has 0 aromatic carbocycles. The third-order valence-electron chi connectivity index (χ3n) is 1.51. The first-order valence-electron chi connectivity index (χ1n) is 4.14. The molecule has 0 spiro atoms. The van der Waals surface area contributed by atoms with Crippen molar-refractivity contribution in [3.8, 4) is 0 Å². The van der Waals surface area contributed by atoms with E-state index in [1.54, 1.807) is 0 Å². The van der Waals surface area contributed by atoms with E-state index in [1.165, 1.54) is 0 Å². The molecule has 0 aromatic heterocycles. The maximum Gasteiger partial charge on any atom is 0.145 e. The van der Waals surface area contributed by atoms with E-state index in [9.17, 15) is 4.79 Å². The zero-order valence-electron chi connectivity index (χ0n) is 7.39. The van der Waals surface area contributed by atoms with Crippen LogP contribution in [-0.4, -0.2) is 19.9 Å². The molecule has 0 unspecified atom stereocenters. The summed E-state index contributed by atoms with van der Waals surface area (Å²) in [5.41, 5.74) is 0.918. The molecule has 2 nitrogen and oxygen atoms in total. The molecular weight excluding hydrogens is 138 g/mol. The van der Waals surface area contributed by atoms with E-state index in [2.05, 4.69) is 12.2 Å². The van der Waals surface area contributed by atoms with Gasteiger partial charge in [0.05, 0.1) is 0 Å². The van der Waals surface area contributed by atoms with E-state index in [0.29, 0.717) is 0 Å². The lowest BCUT2D eigenvalue weighted by atomic mass is 10.1. The summed E-state index contributed by atoms with van der Waals surface area (Å²) in [4.78, 5) is 10.4. The van der Waals surface area contributed by atoms with E-state index in [-0.39, 0.29) is 0 Å². The normalized spacial score (nSPS) is 11.6. The Morgan fingerprint density at radius 2 is 2.27 bits per heavy atom. The number of unbranched alkanes of at least 4 members (excludes halogenated alkanes) is 1. The summed E-state index contributed by atoms with van der Waals surface area (Å²) in [6.07, 6.45) is 5.94. The van der Waals surface area contributed by atoms with Crippen LogP contribution in [-0.2, 0) is 4.79 Å². The van der Waals surface area contributed by atoms with Crippen molar-refractivity contribution >= 4 is 6.29 Å². The molecule has 0 atom stereocenters. The van der Waals surface area contributed by atoms with Crippen molar-refractivity contribution in [2.45, 2.75) is 26.2 Å². The SMILES string of the molecule is CCC/C=C(/C=O)CCNC. The zero-order valence-corrected chi connectivity index (χ0v) is 7.39. The van der Waals surface area contributed by atoms with Gasteiger partial charge in [-0.3, -0.25) is 4.79 Å². The Bertz CT molecular complexity index is 130. The summed E-state index contributed by atoms with van der Waals surface area (Å²) in [6.45, 7) is 2.99. The molecule has 0 rings (SSSR count). The predicted octanol–water partition coefficient (Wildman–Crippen LogP) is 1.52. The smallest absolute Gasteiger partial charge is 0.145 e. The van der Waals surface area contributed by atoms with Crippen LogP contribution in [0.25, 0.3) is 0 Å². The first-order valence-corrected chi connectivity index (χ1v) is 4.14. The van der Waals surface area contributed by atoms with Crippen molar-refractivity contribution in [2.75, 3.05) is 13.6 Å². The van der Waals surface area contributed by atoms with Gasteiger partial charge in [0.1, 0.15) is 6.29 Å². The van der Waals surface area contributed by atoms with Gasteiger partial charge in [-0.1, -0.05) is 19.4 Å². The van der Waals surface area contributed by atoms with Crippen LogP contribution >= 0.6 is 0 Å². The molecule has 0 aromatic rings. The van der Waals surface area contributed by atoms with Crippen LogP contribution in [0.15, 0.2) is 11.6 Å². The molecule has 0 aliphatic rings. The summed E-state index contributed by atoms with van der Waals surface area (Å²) in [7, 11) is 1.89. The lowest BCUT2D eigenvalue weighted by Crippen LogP contribution is -2.08. The van der Waals surface area contributed by atoms with Crippen LogP contribution in [0.4, 0.5) is 0 Å². The van der Waals surface area contributed by atoms with Gasteiger partial charge >= 0.3 is 0 Å². The van der Waals surface area contributed by atoms with Gasteiger partial charge in [0.15, 0.2) is 0 Å². The number of hydrogen-bond donors (Lipinski definition) is 1. The van der Waals surface area contributed by atoms with Crippen LogP contribution in [0.5, 0.6) is 0 Å². The number of carbonyl (C=O) groups excluding carboxylic acids is 1. The van der Waals surface area contributed by atoms with Crippen LogP contribution in [0.1, 0.15) is 26.2 Å². The zero-order chi connectivity index (χ0) is 8.53. The van der Waals surface area contributed by atoms with Gasteiger partial charge in [0.25, 0.3) is 0 Å². The minimum Gasteiger partial charge on any atom is -0.319 e. The molecule has 0 fully saturated rings. The molecule has 64 valence electrons. The number of nitrogens with one attached hydrogen (secondary N) is 1. The van der Waals surface area contributed by atoms with Gasteiger partial charge in [0.2, 0.25) is 0 Å². The number of allylic oxidation sites excluding steroid dienone is 1. The first-order chi connectivity index (χ1) is 5.35. The molecule has 1 N–H and O–H groups in total. The number of rotatable bonds is 6. The van der Waals surface area contributed by atoms with Gasteiger partial charge < -0.3 is 5.32 Å². The van der Waals surface area contributed by atoms with Crippen molar-refractivity contribution in [1.29, 1.82) is 0 Å². The molecule has 0 heterocycles. The van der Waals surface area contributed by atoms with Crippen LogP contribution in [0.2, 0.25) is 0 Å². The number of aldehydes is 1. The third kappa shape index (κ3) is 5.80. The second-order valence-electron chi connectivity index (χ2n) is 2.54. The van der Waals surface area contributed by atoms with E-state index in [1.807, 2.05) is 13.1 Å². The van der Waals surface area contributed by atoms with Gasteiger partial charge in [-0.25, -0.2) is 0 Å². The fourth-order valence-corrected chi connectivity index (χ4v) is 0.808. The Hall–Kier alpha value is -0.630. The summed E-state index contributed by atoms with van der Waals surface area (Å²) < 4.78 is 0. The second kappa shape index (κ2) is 7.48. The number of hydrogen-bond acceptors (Lipinski definition) is 2. The highest BCUT2D eigenvalue weighted by molar-refractivity contribution is 5.72. The van der Waals surface area contributed by atoms with Crippen LogP contribution in [0.3, 0.4) is 0 Å². The standard InChI is InChI=1S/C9H17NO/c1-3-4-5-9(8-11)6-7-10-2/h5,8,10H,3-4,6-7H2,1-2H3/b9-5+. The molecule has 0 amide bonds. The maximum absolute atomic E-state index is 10.4. The average molecular weight is 155 g/mol. The van der Waals surface area contributed by atoms with Crippen molar-refractivity contribution in [2.24, 2.45) is 0 Å². The van der Waals surface area contributed by atoms with Crippen molar-refractivity contribution in [1.82, 2.24) is 5.32 Å². The summed E-state index contributed by atoms with van der Waals surface area (Å²) in [5.74, 6) is 0. The highest BCUT2D eigenvalue weighted by Crippen LogP contribution is 1.99. The molecule has 0 saturated carbocycles. The number of carbonyl (C=O) groups is 1. The summed E-state index contributed by atoms with van der Waals surface area (Å²) in [6, 6.07) is 0. The predicted molar refractivity (Wildman–Crippen MR) is 47.6 cm³/mol.